The molecule has 0 aliphatic heterocycles. The molecule has 0 atom stereocenters. The van der Waals surface area contributed by atoms with Gasteiger partial charge in [-0.25, -0.2) is 4.39 Å². The molecule has 0 aromatic heterocycles. The topological polar surface area (TPSA) is 43.1 Å². The first kappa shape index (κ1) is 12.0. The van der Waals surface area contributed by atoms with Crippen molar-refractivity contribution in [3.05, 3.63) is 39.6 Å². The van der Waals surface area contributed by atoms with Crippen molar-refractivity contribution in [3.8, 4) is 0 Å². The summed E-state index contributed by atoms with van der Waals surface area (Å²) in [5, 5.41) is -0.109. The number of amides is 1. The molecule has 0 unspecified atom stereocenters. The molecule has 0 radical (unpaired) electrons. The molecule has 2 nitrogen and oxygen atoms in total. The second-order valence-electron chi connectivity index (χ2n) is 2.87. The molecular weight excluding hydrogens is 240 g/mol. The lowest BCUT2D eigenvalue weighted by molar-refractivity contribution is -0.117. The number of rotatable bonds is 3. The fourth-order valence-corrected chi connectivity index (χ4v) is 1.49. The zero-order valence-electron chi connectivity index (χ0n) is 7.64. The summed E-state index contributed by atoms with van der Waals surface area (Å²) in [5.74, 6) is -1.09. The third-order valence-corrected chi connectivity index (χ3v) is 2.19. The minimum Gasteiger partial charge on any atom is -0.369 e. The van der Waals surface area contributed by atoms with Crippen LogP contribution < -0.4 is 5.73 Å². The monoisotopic (exact) mass is 247 g/mol. The van der Waals surface area contributed by atoms with E-state index in [1.54, 1.807) is 12.2 Å². The SMILES string of the molecule is NC(=O)CC=Cc1cc(Cl)c(F)c(Cl)c1. The summed E-state index contributed by atoms with van der Waals surface area (Å²) in [4.78, 5) is 10.4. The summed E-state index contributed by atoms with van der Waals surface area (Å²) in [6.45, 7) is 0. The predicted octanol–water partition coefficient (Wildman–Crippen LogP) is 3.02. The van der Waals surface area contributed by atoms with E-state index in [1.165, 1.54) is 12.1 Å². The fourth-order valence-electron chi connectivity index (χ4n) is 0.983. The van der Waals surface area contributed by atoms with Crippen LogP contribution in [-0.4, -0.2) is 5.91 Å². The highest BCUT2D eigenvalue weighted by Crippen LogP contribution is 2.25. The van der Waals surface area contributed by atoms with Crippen LogP contribution in [0.25, 0.3) is 6.08 Å². The summed E-state index contributed by atoms with van der Waals surface area (Å²) in [6, 6.07) is 2.83. The Morgan fingerprint density at radius 2 is 1.93 bits per heavy atom. The van der Waals surface area contributed by atoms with Gasteiger partial charge in [-0.05, 0) is 17.7 Å². The molecule has 2 N–H and O–H groups in total. The fraction of sp³-hybridized carbons (Fsp3) is 0.100. The molecule has 80 valence electrons. The molecule has 5 heteroatoms. The Bertz CT molecular complexity index is 395. The zero-order chi connectivity index (χ0) is 11.4. The highest BCUT2D eigenvalue weighted by molar-refractivity contribution is 6.35. The Morgan fingerprint density at radius 1 is 1.40 bits per heavy atom. The quantitative estimate of drug-likeness (QED) is 0.821. The van der Waals surface area contributed by atoms with E-state index in [4.69, 9.17) is 28.9 Å². The number of primary amides is 1. The highest BCUT2D eigenvalue weighted by Gasteiger charge is 2.05. The lowest BCUT2D eigenvalue weighted by Gasteiger charge is -1.99. The first-order valence-electron chi connectivity index (χ1n) is 4.10. The van der Waals surface area contributed by atoms with Crippen LogP contribution in [0.4, 0.5) is 4.39 Å². The second kappa shape index (κ2) is 5.14. The minimum atomic E-state index is -0.648. The molecule has 15 heavy (non-hydrogen) atoms. The summed E-state index contributed by atoms with van der Waals surface area (Å²) < 4.78 is 13.0. The molecule has 0 aliphatic rings. The van der Waals surface area contributed by atoms with Gasteiger partial charge in [-0.3, -0.25) is 4.79 Å². The van der Waals surface area contributed by atoms with Crippen molar-refractivity contribution < 1.29 is 9.18 Å². The van der Waals surface area contributed by atoms with E-state index < -0.39 is 11.7 Å². The molecule has 0 saturated carbocycles. The van der Waals surface area contributed by atoms with Crippen molar-refractivity contribution in [1.29, 1.82) is 0 Å². The van der Waals surface area contributed by atoms with Crippen LogP contribution in [0.2, 0.25) is 10.0 Å². The number of carbonyl (C=O) groups is 1. The van der Waals surface area contributed by atoms with E-state index in [9.17, 15) is 9.18 Å². The Morgan fingerprint density at radius 3 is 2.40 bits per heavy atom. The van der Waals surface area contributed by atoms with Crippen molar-refractivity contribution in [2.24, 2.45) is 5.73 Å². The van der Waals surface area contributed by atoms with Gasteiger partial charge in [0.15, 0.2) is 5.82 Å². The molecule has 0 fully saturated rings. The molecule has 1 aromatic rings. The van der Waals surface area contributed by atoms with Crippen molar-refractivity contribution in [3.63, 3.8) is 0 Å². The van der Waals surface area contributed by atoms with Crippen molar-refractivity contribution in [1.82, 2.24) is 0 Å². The van der Waals surface area contributed by atoms with E-state index in [-0.39, 0.29) is 16.5 Å². The lowest BCUT2D eigenvalue weighted by Crippen LogP contribution is -2.07. The van der Waals surface area contributed by atoms with Crippen LogP contribution in [-0.2, 0) is 4.79 Å². The number of hydrogen-bond acceptors (Lipinski definition) is 1. The van der Waals surface area contributed by atoms with Gasteiger partial charge in [0.1, 0.15) is 0 Å². The molecule has 0 bridgehead atoms. The number of hydrogen-bond donors (Lipinski definition) is 1. The van der Waals surface area contributed by atoms with Crippen LogP contribution >= 0.6 is 23.2 Å². The molecule has 0 spiro atoms. The van der Waals surface area contributed by atoms with Gasteiger partial charge in [0.05, 0.1) is 10.0 Å². The standard InChI is InChI=1S/C10H8Cl2FNO/c11-7-4-6(2-1-3-9(14)15)5-8(12)10(7)13/h1-2,4-5H,3H2,(H2,14,15). The summed E-state index contributed by atoms with van der Waals surface area (Å²) in [7, 11) is 0. The van der Waals surface area contributed by atoms with Gasteiger partial charge in [-0.2, -0.15) is 0 Å². The smallest absolute Gasteiger partial charge is 0.221 e. The van der Waals surface area contributed by atoms with Crippen LogP contribution in [0.1, 0.15) is 12.0 Å². The molecule has 1 rings (SSSR count). The van der Waals surface area contributed by atoms with Gasteiger partial charge in [-0.1, -0.05) is 35.4 Å². The number of carbonyl (C=O) groups excluding carboxylic acids is 1. The predicted molar refractivity (Wildman–Crippen MR) is 59.3 cm³/mol. The van der Waals surface area contributed by atoms with Crippen LogP contribution in [0.3, 0.4) is 0 Å². The molecule has 0 heterocycles. The van der Waals surface area contributed by atoms with E-state index in [2.05, 4.69) is 0 Å². The van der Waals surface area contributed by atoms with Crippen molar-refractivity contribution in [2.75, 3.05) is 0 Å². The lowest BCUT2D eigenvalue weighted by atomic mass is 10.2. The number of benzene rings is 1. The molecular formula is C10H8Cl2FNO. The third kappa shape index (κ3) is 3.53. The van der Waals surface area contributed by atoms with E-state index >= 15 is 0 Å². The maximum atomic E-state index is 13.0. The Labute approximate surface area is 96.5 Å². The summed E-state index contributed by atoms with van der Waals surface area (Å²) in [6.07, 6.45) is 3.27. The van der Waals surface area contributed by atoms with Gasteiger partial charge in [0.25, 0.3) is 0 Å². The van der Waals surface area contributed by atoms with E-state index in [0.717, 1.165) is 0 Å². The molecule has 1 amide bonds. The number of nitrogens with two attached hydrogens (primary N) is 1. The normalized spacial score (nSPS) is 10.9. The average Bonchev–Trinajstić information content (AvgIpc) is 2.13. The first-order valence-corrected chi connectivity index (χ1v) is 4.85. The first-order chi connectivity index (χ1) is 7.00. The van der Waals surface area contributed by atoms with Crippen molar-refractivity contribution >= 4 is 35.2 Å². The van der Waals surface area contributed by atoms with Gasteiger partial charge < -0.3 is 5.73 Å². The highest BCUT2D eigenvalue weighted by atomic mass is 35.5. The molecule has 0 aliphatic carbocycles. The van der Waals surface area contributed by atoms with Gasteiger partial charge in [0.2, 0.25) is 5.91 Å². The van der Waals surface area contributed by atoms with Gasteiger partial charge >= 0.3 is 0 Å². The average molecular weight is 248 g/mol. The zero-order valence-corrected chi connectivity index (χ0v) is 9.15. The Hall–Kier alpha value is -1.06. The second-order valence-corrected chi connectivity index (χ2v) is 3.69. The van der Waals surface area contributed by atoms with E-state index in [1.807, 2.05) is 0 Å². The Balaban J connectivity index is 2.87. The minimum absolute atomic E-state index is 0.0544. The molecule has 0 saturated heterocycles. The van der Waals surface area contributed by atoms with Crippen LogP contribution in [0, 0.1) is 5.82 Å². The summed E-state index contributed by atoms with van der Waals surface area (Å²) in [5.41, 5.74) is 5.56. The largest absolute Gasteiger partial charge is 0.369 e. The maximum absolute atomic E-state index is 13.0. The third-order valence-electron chi connectivity index (χ3n) is 1.64. The van der Waals surface area contributed by atoms with Gasteiger partial charge in [0, 0.05) is 6.42 Å². The van der Waals surface area contributed by atoms with Crippen molar-refractivity contribution in [2.45, 2.75) is 6.42 Å². The van der Waals surface area contributed by atoms with Crippen LogP contribution in [0.5, 0.6) is 0 Å². The summed E-state index contributed by atoms with van der Waals surface area (Å²) >= 11 is 11.2. The Kier molecular flexibility index (Phi) is 4.12. The van der Waals surface area contributed by atoms with Crippen LogP contribution in [0.15, 0.2) is 18.2 Å². The number of halogens is 3. The maximum Gasteiger partial charge on any atom is 0.221 e. The molecule has 1 aromatic carbocycles. The van der Waals surface area contributed by atoms with Gasteiger partial charge in [-0.15, -0.1) is 0 Å². The van der Waals surface area contributed by atoms with E-state index in [0.29, 0.717) is 5.56 Å².